The molecule has 0 saturated heterocycles. The van der Waals surface area contributed by atoms with E-state index in [1.807, 2.05) is 12.1 Å². The van der Waals surface area contributed by atoms with Crippen LogP contribution >= 0.6 is 15.9 Å². The zero-order chi connectivity index (χ0) is 13.1. The molecular weight excluding hydrogens is 296 g/mol. The number of nitrogens with zero attached hydrogens (tertiary/aromatic N) is 1. The third-order valence-electron chi connectivity index (χ3n) is 2.70. The Hall–Kier alpha value is -1.80. The molecule has 0 amide bonds. The molecule has 92 valence electrons. The summed E-state index contributed by atoms with van der Waals surface area (Å²) in [5.74, 6) is -0.240. The summed E-state index contributed by atoms with van der Waals surface area (Å²) >= 11 is 3.37. The van der Waals surface area contributed by atoms with Gasteiger partial charge < -0.3 is 9.72 Å². The number of nitriles is 1. The van der Waals surface area contributed by atoms with Crippen molar-refractivity contribution in [2.45, 2.75) is 12.8 Å². The van der Waals surface area contributed by atoms with Crippen LogP contribution in [-0.4, -0.2) is 18.1 Å². The average molecular weight is 307 g/mol. The first-order chi connectivity index (χ1) is 8.63. The number of methoxy groups -OCH3 is 1. The average Bonchev–Trinajstić information content (AvgIpc) is 2.77. The van der Waals surface area contributed by atoms with E-state index in [1.165, 1.54) is 7.11 Å². The van der Waals surface area contributed by atoms with E-state index in [9.17, 15) is 4.79 Å². The van der Waals surface area contributed by atoms with Crippen LogP contribution in [0.25, 0.3) is 10.9 Å². The van der Waals surface area contributed by atoms with Gasteiger partial charge >= 0.3 is 5.97 Å². The third-order valence-corrected chi connectivity index (χ3v) is 3.15. The zero-order valence-electron chi connectivity index (χ0n) is 9.79. The Labute approximate surface area is 113 Å². The van der Waals surface area contributed by atoms with E-state index < -0.39 is 0 Å². The number of aromatic amines is 1. The van der Waals surface area contributed by atoms with Gasteiger partial charge in [-0.05, 0) is 24.6 Å². The van der Waals surface area contributed by atoms with Gasteiger partial charge in [-0.25, -0.2) is 0 Å². The van der Waals surface area contributed by atoms with Crippen molar-refractivity contribution in [1.82, 2.24) is 4.98 Å². The molecule has 2 rings (SSSR count). The van der Waals surface area contributed by atoms with Gasteiger partial charge in [-0.15, -0.1) is 0 Å². The molecule has 18 heavy (non-hydrogen) atoms. The molecular formula is C13H11BrN2O2. The lowest BCUT2D eigenvalue weighted by Crippen LogP contribution is -2.01. The van der Waals surface area contributed by atoms with Gasteiger partial charge in [0.2, 0.25) is 0 Å². The van der Waals surface area contributed by atoms with Crippen LogP contribution in [0.5, 0.6) is 0 Å². The zero-order valence-corrected chi connectivity index (χ0v) is 11.4. The Morgan fingerprint density at radius 3 is 2.94 bits per heavy atom. The summed E-state index contributed by atoms with van der Waals surface area (Å²) in [7, 11) is 1.37. The number of halogens is 1. The monoisotopic (exact) mass is 306 g/mol. The Morgan fingerprint density at radius 2 is 2.28 bits per heavy atom. The summed E-state index contributed by atoms with van der Waals surface area (Å²) in [6.07, 6.45) is 0.899. The highest BCUT2D eigenvalue weighted by Gasteiger charge is 2.08. The Bertz CT molecular complexity index is 640. The maximum atomic E-state index is 11.1. The quantitative estimate of drug-likeness (QED) is 0.887. The van der Waals surface area contributed by atoms with E-state index in [2.05, 4.69) is 31.7 Å². The van der Waals surface area contributed by atoms with Gasteiger partial charge in [0.15, 0.2) is 0 Å². The molecule has 0 aliphatic rings. The van der Waals surface area contributed by atoms with Crippen molar-refractivity contribution in [2.24, 2.45) is 0 Å². The Morgan fingerprint density at radius 1 is 1.50 bits per heavy atom. The van der Waals surface area contributed by atoms with Crippen molar-refractivity contribution in [3.8, 4) is 6.07 Å². The highest BCUT2D eigenvalue weighted by molar-refractivity contribution is 9.10. The minimum absolute atomic E-state index is 0.240. The van der Waals surface area contributed by atoms with E-state index >= 15 is 0 Å². The second-order valence-corrected chi connectivity index (χ2v) is 4.82. The molecule has 0 bridgehead atoms. The van der Waals surface area contributed by atoms with Crippen molar-refractivity contribution in [1.29, 1.82) is 5.26 Å². The second-order valence-electron chi connectivity index (χ2n) is 3.90. The molecule has 0 fully saturated rings. The predicted molar refractivity (Wildman–Crippen MR) is 71.1 cm³/mol. The molecule has 0 aliphatic heterocycles. The smallest absolute Gasteiger partial charge is 0.305 e. The number of hydrogen-bond donors (Lipinski definition) is 1. The molecule has 4 nitrogen and oxygen atoms in total. The van der Waals surface area contributed by atoms with Crippen LogP contribution in [0.3, 0.4) is 0 Å². The molecule has 0 atom stereocenters. The van der Waals surface area contributed by atoms with Gasteiger partial charge in [-0.2, -0.15) is 5.26 Å². The van der Waals surface area contributed by atoms with Gasteiger partial charge in [0.05, 0.1) is 24.6 Å². The number of aromatic nitrogens is 1. The number of benzene rings is 1. The van der Waals surface area contributed by atoms with Gasteiger partial charge in [0.1, 0.15) is 6.07 Å². The first-order valence-corrected chi connectivity index (χ1v) is 6.21. The summed E-state index contributed by atoms with van der Waals surface area (Å²) in [5, 5.41) is 10.0. The molecule has 0 radical (unpaired) electrons. The van der Waals surface area contributed by atoms with E-state index in [0.29, 0.717) is 18.4 Å². The van der Waals surface area contributed by atoms with Crippen LogP contribution < -0.4 is 0 Å². The third kappa shape index (κ3) is 2.54. The molecule has 0 aliphatic carbocycles. The maximum Gasteiger partial charge on any atom is 0.305 e. The molecule has 0 unspecified atom stereocenters. The number of H-pyrrole nitrogens is 1. The lowest BCUT2D eigenvalue weighted by molar-refractivity contribution is -0.140. The Kier molecular flexibility index (Phi) is 3.68. The van der Waals surface area contributed by atoms with Gasteiger partial charge in [0.25, 0.3) is 0 Å². The number of nitrogens with one attached hydrogen (secondary N) is 1. The van der Waals surface area contributed by atoms with Gasteiger partial charge in [0, 0.05) is 15.6 Å². The predicted octanol–water partition coefficient (Wildman–Crippen LogP) is 2.91. The van der Waals surface area contributed by atoms with Crippen molar-refractivity contribution >= 4 is 32.8 Å². The largest absolute Gasteiger partial charge is 0.469 e. The van der Waals surface area contributed by atoms with Crippen LogP contribution in [-0.2, 0) is 16.0 Å². The number of rotatable bonds is 3. The summed E-state index contributed by atoms with van der Waals surface area (Å²) in [6, 6.07) is 7.80. The number of hydrogen-bond acceptors (Lipinski definition) is 3. The van der Waals surface area contributed by atoms with Crippen LogP contribution in [0.2, 0.25) is 0 Å². The van der Waals surface area contributed by atoms with Crippen molar-refractivity contribution in [3.05, 3.63) is 33.9 Å². The van der Waals surface area contributed by atoms with Crippen LogP contribution in [0.1, 0.15) is 17.7 Å². The maximum absolute atomic E-state index is 11.1. The van der Waals surface area contributed by atoms with Crippen LogP contribution in [0.15, 0.2) is 22.7 Å². The Balaban J connectivity index is 2.33. The molecule has 5 heteroatoms. The van der Waals surface area contributed by atoms with Crippen molar-refractivity contribution in [3.63, 3.8) is 0 Å². The standard InChI is InChI=1S/C13H11BrN2O2/c1-18-12(17)3-2-11-6-8-4-10(14)5-9(7-15)13(8)16-11/h4-6,16H,2-3H2,1H3. The minimum Gasteiger partial charge on any atom is -0.469 e. The summed E-state index contributed by atoms with van der Waals surface area (Å²) < 4.78 is 5.46. The van der Waals surface area contributed by atoms with Crippen molar-refractivity contribution in [2.75, 3.05) is 7.11 Å². The van der Waals surface area contributed by atoms with E-state index in [0.717, 1.165) is 21.1 Å². The molecule has 1 aromatic carbocycles. The number of fused-ring (bicyclic) bond motifs is 1. The van der Waals surface area contributed by atoms with Gasteiger partial charge in [-0.1, -0.05) is 15.9 Å². The number of carbonyl (C=O) groups is 1. The van der Waals surface area contributed by atoms with E-state index in [4.69, 9.17) is 5.26 Å². The molecule has 1 aromatic heterocycles. The molecule has 1 heterocycles. The first kappa shape index (κ1) is 12.7. The number of ether oxygens (including phenoxy) is 1. The molecule has 0 spiro atoms. The summed E-state index contributed by atoms with van der Waals surface area (Å²) in [5.41, 5.74) is 2.31. The van der Waals surface area contributed by atoms with Crippen molar-refractivity contribution < 1.29 is 9.53 Å². The number of aryl methyl sites for hydroxylation is 1. The topological polar surface area (TPSA) is 65.9 Å². The van der Waals surface area contributed by atoms with Crippen LogP contribution in [0, 0.1) is 11.3 Å². The highest BCUT2D eigenvalue weighted by Crippen LogP contribution is 2.24. The second kappa shape index (κ2) is 5.23. The lowest BCUT2D eigenvalue weighted by Gasteiger charge is -1.97. The first-order valence-electron chi connectivity index (χ1n) is 5.42. The normalized spacial score (nSPS) is 10.3. The van der Waals surface area contributed by atoms with Gasteiger partial charge in [-0.3, -0.25) is 4.79 Å². The van der Waals surface area contributed by atoms with Crippen LogP contribution in [0.4, 0.5) is 0 Å². The fourth-order valence-electron chi connectivity index (χ4n) is 1.83. The summed E-state index contributed by atoms with van der Waals surface area (Å²) in [4.78, 5) is 14.3. The minimum atomic E-state index is -0.240. The molecule has 2 aromatic rings. The highest BCUT2D eigenvalue weighted by atomic mass is 79.9. The lowest BCUT2D eigenvalue weighted by atomic mass is 10.1. The SMILES string of the molecule is COC(=O)CCc1cc2cc(Br)cc(C#N)c2[nH]1. The number of esters is 1. The van der Waals surface area contributed by atoms with E-state index in [-0.39, 0.29) is 5.97 Å². The number of carbonyl (C=O) groups excluding carboxylic acids is 1. The van der Waals surface area contributed by atoms with E-state index in [1.54, 1.807) is 6.07 Å². The molecule has 1 N–H and O–H groups in total. The fourth-order valence-corrected chi connectivity index (χ4v) is 2.30. The molecule has 0 saturated carbocycles. The summed E-state index contributed by atoms with van der Waals surface area (Å²) in [6.45, 7) is 0. The fraction of sp³-hybridized carbons (Fsp3) is 0.231.